The van der Waals surface area contributed by atoms with Crippen molar-refractivity contribution in [3.63, 3.8) is 0 Å². The fraction of sp³-hybridized carbons (Fsp3) is 0.444. The van der Waals surface area contributed by atoms with E-state index in [-0.39, 0.29) is 5.54 Å². The number of benzene rings is 1. The summed E-state index contributed by atoms with van der Waals surface area (Å²) in [5.41, 5.74) is 3.29. The molecule has 1 aromatic carbocycles. The molecule has 1 fully saturated rings. The van der Waals surface area contributed by atoms with Gasteiger partial charge in [0.05, 0.1) is 11.4 Å². The molecule has 1 aliphatic rings. The van der Waals surface area contributed by atoms with Crippen LogP contribution in [0.5, 0.6) is 0 Å². The number of hydrogen-bond acceptors (Lipinski definition) is 4. The molecule has 1 aromatic heterocycles. The lowest BCUT2D eigenvalue weighted by atomic mass is 10.1. The first-order valence-corrected chi connectivity index (χ1v) is 8.80. The van der Waals surface area contributed by atoms with E-state index in [0.29, 0.717) is 11.9 Å². The molecule has 2 N–H and O–H groups in total. The van der Waals surface area contributed by atoms with Gasteiger partial charge in [-0.1, -0.05) is 6.07 Å². The van der Waals surface area contributed by atoms with Crippen LogP contribution in [-0.4, -0.2) is 15.5 Å². The quantitative estimate of drug-likeness (QED) is 0.753. The lowest BCUT2D eigenvalue weighted by Crippen LogP contribution is -2.27. The van der Waals surface area contributed by atoms with Crippen LogP contribution in [0.25, 0.3) is 0 Å². The summed E-state index contributed by atoms with van der Waals surface area (Å²) in [6, 6.07) is 8.32. The number of rotatable bonds is 4. The third-order valence-corrected chi connectivity index (χ3v) is 4.27. The third kappa shape index (κ3) is 4.44. The van der Waals surface area contributed by atoms with Gasteiger partial charge >= 0.3 is 0 Å². The molecule has 1 aliphatic carbocycles. The van der Waals surface area contributed by atoms with E-state index in [4.69, 9.17) is 0 Å². The van der Waals surface area contributed by atoms with Crippen LogP contribution < -0.4 is 10.6 Å². The van der Waals surface area contributed by atoms with Gasteiger partial charge in [-0.3, -0.25) is 0 Å². The first-order valence-electron chi connectivity index (χ1n) is 8.00. The highest BCUT2D eigenvalue weighted by Gasteiger charge is 2.26. The highest BCUT2D eigenvalue weighted by molar-refractivity contribution is 9.10. The molecule has 0 aliphatic heterocycles. The normalized spacial score (nSPS) is 14.7. The molecule has 5 heteroatoms. The average Bonchev–Trinajstić information content (AvgIpc) is 3.24. The molecule has 2 aromatic rings. The van der Waals surface area contributed by atoms with Gasteiger partial charge in [-0.25, -0.2) is 4.98 Å². The van der Waals surface area contributed by atoms with Crippen molar-refractivity contribution in [2.24, 2.45) is 0 Å². The number of anilines is 3. The van der Waals surface area contributed by atoms with Crippen LogP contribution >= 0.6 is 15.9 Å². The standard InChI is InChI=1S/C18H23BrN4/c1-11-5-8-14(13(19)9-11)20-16-10-15(12-6-7-12)21-17(22-16)23-18(2,3)4/h5,8-10,12H,6-7H2,1-4H3,(H2,20,21,22,23). The van der Waals surface area contributed by atoms with E-state index in [2.05, 4.69) is 88.5 Å². The van der Waals surface area contributed by atoms with E-state index < -0.39 is 0 Å². The fourth-order valence-corrected chi connectivity index (χ4v) is 2.96. The highest BCUT2D eigenvalue weighted by Crippen LogP contribution is 2.40. The summed E-state index contributed by atoms with van der Waals surface area (Å²) in [6.45, 7) is 8.42. The number of aromatic nitrogens is 2. The predicted octanol–water partition coefficient (Wildman–Crippen LogP) is 5.38. The van der Waals surface area contributed by atoms with Crippen LogP contribution in [0, 0.1) is 6.92 Å². The maximum Gasteiger partial charge on any atom is 0.225 e. The molecule has 4 nitrogen and oxygen atoms in total. The Labute approximate surface area is 146 Å². The molecule has 1 saturated carbocycles. The van der Waals surface area contributed by atoms with Crippen LogP contribution in [0.2, 0.25) is 0 Å². The average molecular weight is 375 g/mol. The Bertz CT molecular complexity index is 717. The van der Waals surface area contributed by atoms with Crippen LogP contribution in [-0.2, 0) is 0 Å². The fourth-order valence-electron chi connectivity index (χ4n) is 2.37. The van der Waals surface area contributed by atoms with E-state index in [1.54, 1.807) is 0 Å². The molecule has 23 heavy (non-hydrogen) atoms. The number of hydrogen-bond donors (Lipinski definition) is 2. The van der Waals surface area contributed by atoms with Gasteiger partial charge < -0.3 is 10.6 Å². The molecule has 1 heterocycles. The molecule has 122 valence electrons. The lowest BCUT2D eigenvalue weighted by molar-refractivity contribution is 0.625. The SMILES string of the molecule is Cc1ccc(Nc2cc(C3CC3)nc(NC(C)(C)C)n2)c(Br)c1. The summed E-state index contributed by atoms with van der Waals surface area (Å²) in [5, 5.41) is 6.79. The van der Waals surface area contributed by atoms with Crippen LogP contribution in [0.1, 0.15) is 50.8 Å². The first-order chi connectivity index (χ1) is 10.8. The summed E-state index contributed by atoms with van der Waals surface area (Å²) in [7, 11) is 0. The van der Waals surface area contributed by atoms with Crippen molar-refractivity contribution in [1.82, 2.24) is 9.97 Å². The van der Waals surface area contributed by atoms with Crippen LogP contribution in [0.3, 0.4) is 0 Å². The molecule has 0 spiro atoms. The van der Waals surface area contributed by atoms with E-state index in [9.17, 15) is 0 Å². The Hall–Kier alpha value is -1.62. The van der Waals surface area contributed by atoms with Crippen molar-refractivity contribution in [3.05, 3.63) is 40.0 Å². The van der Waals surface area contributed by atoms with Crippen molar-refractivity contribution in [3.8, 4) is 0 Å². The Morgan fingerprint density at radius 1 is 1.13 bits per heavy atom. The summed E-state index contributed by atoms with van der Waals surface area (Å²) in [6.07, 6.45) is 2.44. The van der Waals surface area contributed by atoms with Crippen molar-refractivity contribution >= 4 is 33.4 Å². The monoisotopic (exact) mass is 374 g/mol. The van der Waals surface area contributed by atoms with Gasteiger partial charge in [0.25, 0.3) is 0 Å². The van der Waals surface area contributed by atoms with E-state index in [1.807, 2.05) is 0 Å². The summed E-state index contributed by atoms with van der Waals surface area (Å²) in [5.74, 6) is 2.10. The molecular formula is C18H23BrN4. The minimum atomic E-state index is -0.0656. The van der Waals surface area contributed by atoms with Gasteiger partial charge in [0, 0.05) is 22.0 Å². The lowest BCUT2D eigenvalue weighted by Gasteiger charge is -2.21. The van der Waals surface area contributed by atoms with Gasteiger partial charge in [-0.15, -0.1) is 0 Å². The van der Waals surface area contributed by atoms with Crippen LogP contribution in [0.4, 0.5) is 17.5 Å². The third-order valence-electron chi connectivity index (χ3n) is 3.62. The Balaban J connectivity index is 1.91. The van der Waals surface area contributed by atoms with Crippen molar-refractivity contribution in [1.29, 1.82) is 0 Å². The van der Waals surface area contributed by atoms with Gasteiger partial charge in [-0.05, 0) is 74.2 Å². The van der Waals surface area contributed by atoms with Gasteiger partial charge in [0.1, 0.15) is 5.82 Å². The topological polar surface area (TPSA) is 49.8 Å². The minimum absolute atomic E-state index is 0.0656. The first kappa shape index (κ1) is 16.2. The zero-order valence-electron chi connectivity index (χ0n) is 14.1. The number of aryl methyl sites for hydroxylation is 1. The Kier molecular flexibility index (Phi) is 4.32. The van der Waals surface area contributed by atoms with Gasteiger partial charge in [0.2, 0.25) is 5.95 Å². The summed E-state index contributed by atoms with van der Waals surface area (Å²) < 4.78 is 1.04. The molecule has 0 amide bonds. The number of halogens is 1. The van der Waals surface area contributed by atoms with E-state index >= 15 is 0 Å². The highest BCUT2D eigenvalue weighted by atomic mass is 79.9. The molecule has 3 rings (SSSR count). The molecule has 0 radical (unpaired) electrons. The maximum absolute atomic E-state index is 4.69. The van der Waals surface area contributed by atoms with Crippen molar-refractivity contribution in [2.45, 2.75) is 52.0 Å². The molecule has 0 unspecified atom stereocenters. The van der Waals surface area contributed by atoms with Crippen molar-refractivity contribution < 1.29 is 0 Å². The molecular weight excluding hydrogens is 352 g/mol. The largest absolute Gasteiger partial charge is 0.350 e. The smallest absolute Gasteiger partial charge is 0.225 e. The Morgan fingerprint density at radius 3 is 2.48 bits per heavy atom. The molecule has 0 bridgehead atoms. The van der Waals surface area contributed by atoms with Crippen molar-refractivity contribution in [2.75, 3.05) is 10.6 Å². The minimum Gasteiger partial charge on any atom is -0.350 e. The van der Waals surface area contributed by atoms with E-state index in [0.717, 1.165) is 21.7 Å². The molecule has 0 saturated heterocycles. The maximum atomic E-state index is 4.69. The summed E-state index contributed by atoms with van der Waals surface area (Å²) in [4.78, 5) is 9.32. The summed E-state index contributed by atoms with van der Waals surface area (Å²) >= 11 is 3.61. The molecule has 0 atom stereocenters. The second-order valence-electron chi connectivity index (χ2n) is 7.26. The van der Waals surface area contributed by atoms with Crippen LogP contribution in [0.15, 0.2) is 28.7 Å². The Morgan fingerprint density at radius 2 is 1.87 bits per heavy atom. The zero-order valence-corrected chi connectivity index (χ0v) is 15.7. The predicted molar refractivity (Wildman–Crippen MR) is 99.5 cm³/mol. The second kappa shape index (κ2) is 6.11. The van der Waals surface area contributed by atoms with Gasteiger partial charge in [0.15, 0.2) is 0 Å². The van der Waals surface area contributed by atoms with E-state index in [1.165, 1.54) is 18.4 Å². The number of nitrogens with one attached hydrogen (secondary N) is 2. The zero-order chi connectivity index (χ0) is 16.6. The number of nitrogens with zero attached hydrogens (tertiary/aromatic N) is 2. The van der Waals surface area contributed by atoms with Gasteiger partial charge in [-0.2, -0.15) is 4.98 Å². The second-order valence-corrected chi connectivity index (χ2v) is 8.11.